The molecule has 0 aliphatic rings. The molecule has 0 bridgehead atoms. The second-order valence-corrected chi connectivity index (χ2v) is 3.96. The molecule has 0 saturated carbocycles. The molecule has 0 fully saturated rings. The van der Waals surface area contributed by atoms with Gasteiger partial charge < -0.3 is 19.9 Å². The van der Waals surface area contributed by atoms with Crippen LogP contribution in [0.25, 0.3) is 0 Å². The quantitative estimate of drug-likeness (QED) is 0.705. The van der Waals surface area contributed by atoms with Crippen molar-refractivity contribution in [2.75, 3.05) is 27.4 Å². The minimum Gasteiger partial charge on any atom is -0.497 e. The van der Waals surface area contributed by atoms with Crippen LogP contribution < -0.4 is 10.1 Å². The van der Waals surface area contributed by atoms with Crippen molar-refractivity contribution in [3.05, 3.63) is 29.8 Å². The van der Waals surface area contributed by atoms with Crippen molar-refractivity contribution in [1.29, 1.82) is 0 Å². The summed E-state index contributed by atoms with van der Waals surface area (Å²) in [4.78, 5) is 0. The summed E-state index contributed by atoms with van der Waals surface area (Å²) in [5.74, 6) is 0.755. The minimum atomic E-state index is -0.554. The van der Waals surface area contributed by atoms with Gasteiger partial charge >= 0.3 is 0 Å². The zero-order valence-corrected chi connectivity index (χ0v) is 10.6. The molecule has 2 atom stereocenters. The van der Waals surface area contributed by atoms with Crippen molar-refractivity contribution in [2.24, 2.45) is 0 Å². The molecule has 0 amide bonds. The van der Waals surface area contributed by atoms with E-state index in [4.69, 9.17) is 9.47 Å². The van der Waals surface area contributed by atoms with Gasteiger partial charge in [-0.3, -0.25) is 0 Å². The van der Waals surface area contributed by atoms with Crippen LogP contribution in [0.4, 0.5) is 0 Å². The highest BCUT2D eigenvalue weighted by Crippen LogP contribution is 2.21. The summed E-state index contributed by atoms with van der Waals surface area (Å²) in [6.07, 6.45) is -0.554. The molecule has 4 heteroatoms. The summed E-state index contributed by atoms with van der Waals surface area (Å²) in [5.41, 5.74) is 0.849. The van der Waals surface area contributed by atoms with Gasteiger partial charge in [0.1, 0.15) is 5.75 Å². The third-order valence-electron chi connectivity index (χ3n) is 2.68. The second-order valence-electron chi connectivity index (χ2n) is 3.96. The molecule has 2 N–H and O–H groups in total. The van der Waals surface area contributed by atoms with Crippen LogP contribution >= 0.6 is 0 Å². The Bertz CT molecular complexity index is 330. The topological polar surface area (TPSA) is 50.7 Å². The first kappa shape index (κ1) is 14.0. The lowest BCUT2D eigenvalue weighted by molar-refractivity contribution is 0.126. The van der Waals surface area contributed by atoms with E-state index in [-0.39, 0.29) is 6.04 Å². The van der Waals surface area contributed by atoms with Gasteiger partial charge in [-0.25, -0.2) is 0 Å². The Hall–Kier alpha value is -1.10. The van der Waals surface area contributed by atoms with E-state index in [1.54, 1.807) is 14.2 Å². The van der Waals surface area contributed by atoms with Gasteiger partial charge in [-0.2, -0.15) is 0 Å². The molecule has 0 heterocycles. The maximum Gasteiger partial charge on any atom is 0.119 e. The zero-order chi connectivity index (χ0) is 12.7. The fourth-order valence-electron chi connectivity index (χ4n) is 1.61. The monoisotopic (exact) mass is 239 g/mol. The summed E-state index contributed by atoms with van der Waals surface area (Å²) in [6.45, 7) is 3.30. The van der Waals surface area contributed by atoms with Crippen LogP contribution in [0.1, 0.15) is 18.6 Å². The number of methoxy groups -OCH3 is 2. The average Bonchev–Trinajstić information content (AvgIpc) is 2.38. The number of ether oxygens (including phenoxy) is 2. The molecule has 0 spiro atoms. The molecule has 1 rings (SSSR count). The summed E-state index contributed by atoms with van der Waals surface area (Å²) in [6, 6.07) is 7.44. The van der Waals surface area contributed by atoms with Gasteiger partial charge in [-0.05, 0) is 24.6 Å². The zero-order valence-electron chi connectivity index (χ0n) is 10.6. The van der Waals surface area contributed by atoms with Crippen LogP contribution in [0, 0.1) is 0 Å². The first-order chi connectivity index (χ1) is 8.19. The number of rotatable bonds is 7. The third kappa shape index (κ3) is 4.34. The van der Waals surface area contributed by atoms with Gasteiger partial charge in [0, 0.05) is 19.7 Å². The van der Waals surface area contributed by atoms with E-state index in [0.717, 1.165) is 17.9 Å². The largest absolute Gasteiger partial charge is 0.497 e. The van der Waals surface area contributed by atoms with Crippen LogP contribution in [0.15, 0.2) is 24.3 Å². The Morgan fingerprint density at radius 1 is 1.35 bits per heavy atom. The van der Waals surface area contributed by atoms with Crippen molar-refractivity contribution in [3.63, 3.8) is 0 Å². The highest BCUT2D eigenvalue weighted by Gasteiger charge is 2.15. The highest BCUT2D eigenvalue weighted by molar-refractivity contribution is 5.30. The van der Waals surface area contributed by atoms with Gasteiger partial charge in [-0.15, -0.1) is 0 Å². The van der Waals surface area contributed by atoms with Crippen LogP contribution in [-0.2, 0) is 4.74 Å². The lowest BCUT2D eigenvalue weighted by Gasteiger charge is -2.20. The van der Waals surface area contributed by atoms with E-state index in [1.165, 1.54) is 0 Å². The van der Waals surface area contributed by atoms with Gasteiger partial charge in [-0.1, -0.05) is 12.1 Å². The van der Waals surface area contributed by atoms with Crippen molar-refractivity contribution in [3.8, 4) is 5.75 Å². The maximum atomic E-state index is 10.1. The van der Waals surface area contributed by atoms with E-state index in [1.807, 2.05) is 31.2 Å². The van der Waals surface area contributed by atoms with Gasteiger partial charge in [0.15, 0.2) is 0 Å². The molecule has 2 unspecified atom stereocenters. The minimum absolute atomic E-state index is 0.0303. The van der Waals surface area contributed by atoms with Crippen LogP contribution in [0.2, 0.25) is 0 Å². The summed E-state index contributed by atoms with van der Waals surface area (Å²) in [7, 11) is 3.27. The molecule has 0 aromatic heterocycles. The molecule has 0 aliphatic carbocycles. The van der Waals surface area contributed by atoms with Gasteiger partial charge in [0.05, 0.1) is 19.8 Å². The number of benzene rings is 1. The van der Waals surface area contributed by atoms with E-state index in [2.05, 4.69) is 5.32 Å². The Kier molecular flexibility index (Phi) is 5.97. The molecular weight excluding hydrogens is 218 g/mol. The maximum absolute atomic E-state index is 10.1. The Balaban J connectivity index is 2.57. The molecule has 1 aromatic carbocycles. The van der Waals surface area contributed by atoms with Crippen LogP contribution in [-0.4, -0.2) is 38.5 Å². The Morgan fingerprint density at radius 3 is 2.76 bits per heavy atom. The molecule has 96 valence electrons. The predicted molar refractivity (Wildman–Crippen MR) is 67.3 cm³/mol. The number of hydrogen-bond acceptors (Lipinski definition) is 4. The molecule has 17 heavy (non-hydrogen) atoms. The molecular formula is C13H21NO3. The fourth-order valence-corrected chi connectivity index (χ4v) is 1.61. The lowest BCUT2D eigenvalue weighted by Crippen LogP contribution is -2.34. The summed E-state index contributed by atoms with van der Waals surface area (Å²) >= 11 is 0. The van der Waals surface area contributed by atoms with E-state index in [0.29, 0.717) is 6.61 Å². The summed E-state index contributed by atoms with van der Waals surface area (Å²) in [5, 5.41) is 13.4. The first-order valence-corrected chi connectivity index (χ1v) is 5.73. The normalized spacial score (nSPS) is 14.4. The highest BCUT2D eigenvalue weighted by atomic mass is 16.5. The standard InChI is InChI=1S/C13H21NO3/c1-10(14-7-8-16-2)13(15)11-5-4-6-12(9-11)17-3/h4-6,9-10,13-15H,7-8H2,1-3H3. The number of aliphatic hydroxyl groups excluding tert-OH is 1. The smallest absolute Gasteiger partial charge is 0.119 e. The molecule has 1 aromatic rings. The average molecular weight is 239 g/mol. The summed E-state index contributed by atoms with van der Waals surface area (Å²) < 4.78 is 10.1. The lowest BCUT2D eigenvalue weighted by atomic mass is 10.0. The number of aliphatic hydroxyl groups is 1. The SMILES string of the molecule is COCCNC(C)C(O)c1cccc(OC)c1. The van der Waals surface area contributed by atoms with Crippen LogP contribution in [0.5, 0.6) is 5.75 Å². The van der Waals surface area contributed by atoms with Crippen molar-refractivity contribution in [2.45, 2.75) is 19.1 Å². The van der Waals surface area contributed by atoms with E-state index >= 15 is 0 Å². The fraction of sp³-hybridized carbons (Fsp3) is 0.538. The Morgan fingerprint density at radius 2 is 2.12 bits per heavy atom. The third-order valence-corrected chi connectivity index (χ3v) is 2.68. The van der Waals surface area contributed by atoms with Gasteiger partial charge in [0.25, 0.3) is 0 Å². The Labute approximate surface area is 103 Å². The van der Waals surface area contributed by atoms with Crippen molar-refractivity contribution in [1.82, 2.24) is 5.32 Å². The predicted octanol–water partition coefficient (Wildman–Crippen LogP) is 1.35. The second kappa shape index (κ2) is 7.27. The number of nitrogens with one attached hydrogen (secondary N) is 1. The van der Waals surface area contributed by atoms with E-state index < -0.39 is 6.10 Å². The molecule has 0 saturated heterocycles. The van der Waals surface area contributed by atoms with Crippen LogP contribution in [0.3, 0.4) is 0 Å². The van der Waals surface area contributed by atoms with Crippen molar-refractivity contribution < 1.29 is 14.6 Å². The van der Waals surface area contributed by atoms with Crippen molar-refractivity contribution >= 4 is 0 Å². The number of hydrogen-bond donors (Lipinski definition) is 2. The molecule has 0 radical (unpaired) electrons. The van der Waals surface area contributed by atoms with E-state index in [9.17, 15) is 5.11 Å². The first-order valence-electron chi connectivity index (χ1n) is 5.73. The molecule has 4 nitrogen and oxygen atoms in total. The molecule has 0 aliphatic heterocycles. The van der Waals surface area contributed by atoms with Gasteiger partial charge in [0.2, 0.25) is 0 Å².